The number of esters is 1. The van der Waals surface area contributed by atoms with Gasteiger partial charge < -0.3 is 19.2 Å². The molecule has 0 radical (unpaired) electrons. The zero-order valence-corrected chi connectivity index (χ0v) is 16.5. The van der Waals surface area contributed by atoms with Crippen LogP contribution in [0.5, 0.6) is 0 Å². The molecule has 0 spiro atoms. The van der Waals surface area contributed by atoms with E-state index in [1.807, 2.05) is 12.1 Å². The van der Waals surface area contributed by atoms with Gasteiger partial charge in [0.2, 0.25) is 0 Å². The van der Waals surface area contributed by atoms with E-state index in [2.05, 4.69) is 34.2 Å². The number of hydrogen-bond donors (Lipinski definition) is 1. The van der Waals surface area contributed by atoms with Gasteiger partial charge in [0.25, 0.3) is 0 Å². The number of ether oxygens (including phenoxy) is 3. The van der Waals surface area contributed by atoms with Crippen molar-refractivity contribution in [1.82, 2.24) is 9.88 Å². The van der Waals surface area contributed by atoms with Gasteiger partial charge >= 0.3 is 5.97 Å². The third-order valence-electron chi connectivity index (χ3n) is 7.19. The smallest absolute Gasteiger partial charge is 0.319 e. The summed E-state index contributed by atoms with van der Waals surface area (Å²) in [7, 11) is 4.89. The zero-order valence-electron chi connectivity index (χ0n) is 16.5. The minimum Gasteiger partial charge on any atom is -0.468 e. The van der Waals surface area contributed by atoms with Gasteiger partial charge in [-0.3, -0.25) is 9.69 Å². The molecule has 28 heavy (non-hydrogen) atoms. The number of nitrogens with one attached hydrogen (secondary N) is 1. The Kier molecular flexibility index (Phi) is 3.95. The van der Waals surface area contributed by atoms with E-state index in [1.165, 1.54) is 7.11 Å². The first kappa shape index (κ1) is 17.9. The van der Waals surface area contributed by atoms with E-state index in [0.29, 0.717) is 12.8 Å². The molecule has 2 aromatic rings. The molecule has 1 aromatic heterocycles. The summed E-state index contributed by atoms with van der Waals surface area (Å²) < 4.78 is 17.2. The van der Waals surface area contributed by atoms with Crippen molar-refractivity contribution in [3.63, 3.8) is 0 Å². The van der Waals surface area contributed by atoms with Crippen molar-refractivity contribution in [2.45, 2.75) is 30.1 Å². The van der Waals surface area contributed by atoms with Gasteiger partial charge in [-0.2, -0.15) is 0 Å². The number of carbonyl (C=O) groups excluding carboxylic acids is 1. The largest absolute Gasteiger partial charge is 0.468 e. The molecule has 1 N–H and O–H groups in total. The van der Waals surface area contributed by atoms with Crippen molar-refractivity contribution in [3.05, 3.63) is 41.6 Å². The average Bonchev–Trinajstić information content (AvgIpc) is 3.11. The van der Waals surface area contributed by atoms with E-state index < -0.39 is 11.2 Å². The lowest BCUT2D eigenvalue weighted by atomic mass is 9.57. The second-order valence-electron chi connectivity index (χ2n) is 8.12. The van der Waals surface area contributed by atoms with E-state index in [-0.39, 0.29) is 17.9 Å². The first-order chi connectivity index (χ1) is 13.6. The number of aromatic nitrogens is 1. The van der Waals surface area contributed by atoms with Crippen molar-refractivity contribution < 1.29 is 19.0 Å². The van der Waals surface area contributed by atoms with Crippen LogP contribution in [0, 0.1) is 5.92 Å². The molecular formula is C22H26N2O4. The van der Waals surface area contributed by atoms with Crippen LogP contribution in [0.25, 0.3) is 17.0 Å². The number of H-pyrrole nitrogens is 1. The number of carbonyl (C=O) groups is 1. The summed E-state index contributed by atoms with van der Waals surface area (Å²) in [5.41, 5.74) is 2.32. The van der Waals surface area contributed by atoms with Crippen LogP contribution in [0.15, 0.2) is 30.3 Å². The molecule has 6 nitrogen and oxygen atoms in total. The standard InChI is InChI=1S/C22H26N2O4/c1-26-20(25)21-11-14-13-24(18(21)12-22(14,27-2)28-3)10-6-8-16-15-7-4-5-9-17(15)23-19(16)21/h4-9,14,18,23H,10-13H2,1-3H3/b8-6-/t14-,18?,21-/m0/s1. The van der Waals surface area contributed by atoms with Crippen LogP contribution >= 0.6 is 0 Å². The van der Waals surface area contributed by atoms with E-state index in [0.717, 1.165) is 35.2 Å². The van der Waals surface area contributed by atoms with Gasteiger partial charge in [0, 0.05) is 67.8 Å². The number of fused-ring (bicyclic) bond motifs is 4. The van der Waals surface area contributed by atoms with Crippen LogP contribution in [-0.2, 0) is 24.4 Å². The average molecular weight is 382 g/mol. The fraction of sp³-hybridized carbons (Fsp3) is 0.500. The zero-order chi connectivity index (χ0) is 19.5. The van der Waals surface area contributed by atoms with Gasteiger partial charge in [0.1, 0.15) is 5.41 Å². The summed E-state index contributed by atoms with van der Waals surface area (Å²) in [4.78, 5) is 19.4. The molecule has 3 fully saturated rings. The Morgan fingerprint density at radius 2 is 1.96 bits per heavy atom. The van der Waals surface area contributed by atoms with Crippen LogP contribution in [-0.4, -0.2) is 62.1 Å². The van der Waals surface area contributed by atoms with E-state index in [1.54, 1.807) is 14.2 Å². The summed E-state index contributed by atoms with van der Waals surface area (Å²) in [6.07, 6.45) is 5.61. The van der Waals surface area contributed by atoms with Gasteiger partial charge in [-0.1, -0.05) is 30.4 Å². The molecule has 6 rings (SSSR count). The van der Waals surface area contributed by atoms with E-state index in [4.69, 9.17) is 14.2 Å². The molecule has 0 amide bonds. The van der Waals surface area contributed by atoms with Crippen molar-refractivity contribution in [1.29, 1.82) is 0 Å². The summed E-state index contributed by atoms with van der Waals surface area (Å²) in [6.45, 7) is 1.63. The number of aromatic amines is 1. The lowest BCUT2D eigenvalue weighted by Gasteiger charge is -2.61. The fourth-order valence-electron chi connectivity index (χ4n) is 5.90. The number of piperidine rings is 2. The molecule has 3 aliphatic heterocycles. The number of hydrogen-bond acceptors (Lipinski definition) is 5. The topological polar surface area (TPSA) is 63.8 Å². The van der Waals surface area contributed by atoms with Crippen molar-refractivity contribution in [2.75, 3.05) is 34.4 Å². The normalized spacial score (nSPS) is 33.8. The monoisotopic (exact) mass is 382 g/mol. The number of rotatable bonds is 3. The third kappa shape index (κ3) is 2.11. The minimum atomic E-state index is -0.767. The third-order valence-corrected chi connectivity index (χ3v) is 7.19. The van der Waals surface area contributed by atoms with Gasteiger partial charge in [-0.05, 0) is 12.5 Å². The van der Waals surface area contributed by atoms with E-state index in [9.17, 15) is 4.79 Å². The summed E-state index contributed by atoms with van der Waals surface area (Å²) in [6, 6.07) is 8.15. The molecule has 4 heterocycles. The maximum absolute atomic E-state index is 13.4. The Balaban J connectivity index is 1.78. The minimum absolute atomic E-state index is 0.0670. The predicted octanol–water partition coefficient (Wildman–Crippen LogP) is 2.69. The van der Waals surface area contributed by atoms with Gasteiger partial charge in [-0.25, -0.2) is 0 Å². The number of benzene rings is 1. The second-order valence-corrected chi connectivity index (χ2v) is 8.12. The Morgan fingerprint density at radius 3 is 2.68 bits per heavy atom. The molecule has 4 atom stereocenters. The Hall–Kier alpha value is -2.15. The maximum atomic E-state index is 13.4. The number of methoxy groups -OCH3 is 3. The van der Waals surface area contributed by atoms with Crippen LogP contribution in [0.3, 0.4) is 0 Å². The Morgan fingerprint density at radius 1 is 1.18 bits per heavy atom. The highest BCUT2D eigenvalue weighted by Crippen LogP contribution is 2.56. The van der Waals surface area contributed by atoms with E-state index >= 15 is 0 Å². The molecule has 2 saturated heterocycles. The van der Waals surface area contributed by atoms with Crippen LogP contribution < -0.4 is 0 Å². The van der Waals surface area contributed by atoms with Gasteiger partial charge in [-0.15, -0.1) is 0 Å². The van der Waals surface area contributed by atoms with Crippen LogP contribution in [0.4, 0.5) is 0 Å². The molecule has 6 heteroatoms. The highest BCUT2D eigenvalue weighted by atomic mass is 16.7. The first-order valence-electron chi connectivity index (χ1n) is 9.80. The van der Waals surface area contributed by atoms with Crippen LogP contribution in [0.2, 0.25) is 0 Å². The summed E-state index contributed by atoms with van der Waals surface area (Å²) >= 11 is 0. The number of para-hydroxylation sites is 1. The lowest BCUT2D eigenvalue weighted by Crippen LogP contribution is -2.72. The van der Waals surface area contributed by atoms with Gasteiger partial charge in [0.05, 0.1) is 7.11 Å². The molecule has 148 valence electrons. The molecule has 1 aliphatic carbocycles. The Bertz CT molecular complexity index is 961. The van der Waals surface area contributed by atoms with Crippen molar-refractivity contribution in [3.8, 4) is 0 Å². The molecule has 4 bridgehead atoms. The van der Waals surface area contributed by atoms with Crippen molar-refractivity contribution in [2.24, 2.45) is 5.92 Å². The number of nitrogens with zero attached hydrogens (tertiary/aromatic N) is 1. The highest BCUT2D eigenvalue weighted by Gasteiger charge is 2.66. The summed E-state index contributed by atoms with van der Waals surface area (Å²) in [5, 5.41) is 1.14. The highest BCUT2D eigenvalue weighted by molar-refractivity contribution is 5.95. The quantitative estimate of drug-likeness (QED) is 0.653. The molecule has 4 aliphatic rings. The maximum Gasteiger partial charge on any atom is 0.319 e. The van der Waals surface area contributed by atoms with Gasteiger partial charge in [0.15, 0.2) is 5.79 Å². The molecule has 1 saturated carbocycles. The lowest BCUT2D eigenvalue weighted by molar-refractivity contribution is -0.296. The van der Waals surface area contributed by atoms with Crippen molar-refractivity contribution >= 4 is 22.9 Å². The Labute approximate surface area is 164 Å². The van der Waals surface area contributed by atoms with Crippen LogP contribution in [0.1, 0.15) is 24.1 Å². The SMILES string of the molecule is COC(=O)[C@]12C[C@H]3CN(C/C=C\c4c1[nH]c1ccccc41)C2CC3(OC)OC. The fourth-order valence-corrected chi connectivity index (χ4v) is 5.90. The second kappa shape index (κ2) is 6.17. The predicted molar refractivity (Wildman–Crippen MR) is 106 cm³/mol. The molecule has 2 unspecified atom stereocenters. The summed E-state index contributed by atoms with van der Waals surface area (Å²) in [5.74, 6) is -0.776. The first-order valence-corrected chi connectivity index (χ1v) is 9.80. The molecule has 1 aromatic carbocycles. The molecular weight excluding hydrogens is 356 g/mol.